The predicted octanol–water partition coefficient (Wildman–Crippen LogP) is -0.333. The molecule has 0 radical (unpaired) electrons. The van der Waals surface area contributed by atoms with Crippen LogP contribution in [0.1, 0.15) is 13.8 Å². The second kappa shape index (κ2) is 6.09. The minimum absolute atomic E-state index is 0. The first-order valence-electron chi connectivity index (χ1n) is 4.40. The van der Waals surface area contributed by atoms with Gasteiger partial charge in [0.25, 0.3) is 0 Å². The van der Waals surface area contributed by atoms with Crippen LogP contribution in [-0.2, 0) is 30.5 Å². The first kappa shape index (κ1) is 13.5. The van der Waals surface area contributed by atoms with E-state index in [1.165, 1.54) is 0 Å². The molecule has 1 saturated heterocycles. The Morgan fingerprint density at radius 2 is 1.46 bits per heavy atom. The summed E-state index contributed by atoms with van der Waals surface area (Å²) >= 11 is 0. The van der Waals surface area contributed by atoms with Crippen molar-refractivity contribution in [2.75, 3.05) is 13.1 Å². The molecule has 0 aromatic carbocycles. The van der Waals surface area contributed by atoms with Gasteiger partial charge in [-0.2, -0.15) is 0 Å². The van der Waals surface area contributed by atoms with E-state index in [4.69, 9.17) is 20.9 Å². The van der Waals surface area contributed by atoms with Crippen LogP contribution >= 0.6 is 0 Å². The third kappa shape index (κ3) is 3.30. The zero-order chi connectivity index (χ0) is 9.14. The van der Waals surface area contributed by atoms with Gasteiger partial charge < -0.3 is 20.9 Å². The van der Waals surface area contributed by atoms with Gasteiger partial charge in [-0.15, -0.1) is 0 Å². The van der Waals surface area contributed by atoms with Crippen LogP contribution in [0.2, 0.25) is 0 Å². The first-order valence-corrected chi connectivity index (χ1v) is 4.40. The van der Waals surface area contributed by atoms with E-state index in [2.05, 4.69) is 13.8 Å². The summed E-state index contributed by atoms with van der Waals surface area (Å²) in [4.78, 5) is 0. The topological polar surface area (TPSA) is 70.5 Å². The van der Waals surface area contributed by atoms with Gasteiger partial charge in [0.15, 0.2) is 6.29 Å². The Bertz CT molecular complexity index is 134. The molecule has 1 heterocycles. The Balaban J connectivity index is 0.00000144. The zero-order valence-electron chi connectivity index (χ0n) is 8.01. The molecule has 0 bridgehead atoms. The molecule has 5 heteroatoms. The van der Waals surface area contributed by atoms with Crippen LogP contribution in [0, 0.1) is 5.92 Å². The maximum atomic E-state index is 5.55. The van der Waals surface area contributed by atoms with Gasteiger partial charge in [-0.1, -0.05) is 13.8 Å². The maximum Gasteiger partial charge on any atom is 2.00 e. The second-order valence-corrected chi connectivity index (χ2v) is 3.43. The van der Waals surface area contributed by atoms with Crippen molar-refractivity contribution in [1.82, 2.24) is 0 Å². The molecule has 4 nitrogen and oxygen atoms in total. The van der Waals surface area contributed by atoms with Crippen molar-refractivity contribution in [2.45, 2.75) is 32.3 Å². The Morgan fingerprint density at radius 3 is 1.69 bits per heavy atom. The van der Waals surface area contributed by atoms with Crippen molar-refractivity contribution in [3.63, 3.8) is 0 Å². The molecule has 2 atom stereocenters. The fourth-order valence-corrected chi connectivity index (χ4v) is 1.28. The molecule has 0 unspecified atom stereocenters. The summed E-state index contributed by atoms with van der Waals surface area (Å²) in [7, 11) is 0. The van der Waals surface area contributed by atoms with Gasteiger partial charge in [-0.3, -0.25) is 0 Å². The third-order valence-corrected chi connectivity index (χ3v) is 2.04. The smallest absolute Gasteiger partial charge is 0.345 e. The molecule has 0 amide bonds. The first-order chi connectivity index (χ1) is 5.69. The summed E-state index contributed by atoms with van der Waals surface area (Å²) in [6, 6.07) is 0. The molecule has 0 aromatic rings. The van der Waals surface area contributed by atoms with E-state index in [0.717, 1.165) is 0 Å². The van der Waals surface area contributed by atoms with Gasteiger partial charge in [-0.05, 0) is 0 Å². The molecular weight excluding hydrogens is 351 g/mol. The quantitative estimate of drug-likeness (QED) is 0.715. The van der Waals surface area contributed by atoms with Gasteiger partial charge in [0.1, 0.15) is 12.2 Å². The summed E-state index contributed by atoms with van der Waals surface area (Å²) in [5, 5.41) is 0. The van der Waals surface area contributed by atoms with Crippen molar-refractivity contribution >= 4 is 0 Å². The van der Waals surface area contributed by atoms with Gasteiger partial charge in [0, 0.05) is 19.0 Å². The number of hydrogen-bond donors (Lipinski definition) is 2. The van der Waals surface area contributed by atoms with Crippen LogP contribution in [0.5, 0.6) is 0 Å². The molecule has 0 spiro atoms. The molecular formula is C8H18N2O2Pt+2. The van der Waals surface area contributed by atoms with E-state index in [0.29, 0.717) is 19.0 Å². The normalized spacial score (nSPS) is 29.3. The van der Waals surface area contributed by atoms with E-state index >= 15 is 0 Å². The van der Waals surface area contributed by atoms with Crippen molar-refractivity contribution in [3.05, 3.63) is 0 Å². The number of ether oxygens (including phenoxy) is 2. The van der Waals surface area contributed by atoms with E-state index in [1.54, 1.807) is 0 Å². The van der Waals surface area contributed by atoms with Crippen molar-refractivity contribution in [3.8, 4) is 0 Å². The van der Waals surface area contributed by atoms with Crippen LogP contribution in [0.4, 0.5) is 0 Å². The SMILES string of the molecule is CC(C)C1O[C@@H](CN)[C@H](CN)O1.[Pt+2]. The fraction of sp³-hybridized carbons (Fsp3) is 1.00. The average Bonchev–Trinajstić information content (AvgIpc) is 2.46. The van der Waals surface area contributed by atoms with E-state index in [1.807, 2.05) is 0 Å². The van der Waals surface area contributed by atoms with E-state index in [9.17, 15) is 0 Å². The minimum Gasteiger partial charge on any atom is -0.345 e. The van der Waals surface area contributed by atoms with E-state index < -0.39 is 0 Å². The van der Waals surface area contributed by atoms with Crippen LogP contribution in [-0.4, -0.2) is 31.6 Å². The summed E-state index contributed by atoms with van der Waals surface area (Å²) in [6.45, 7) is 5.06. The average molecular weight is 369 g/mol. The van der Waals surface area contributed by atoms with Crippen LogP contribution in [0.25, 0.3) is 0 Å². The summed E-state index contributed by atoms with van der Waals surface area (Å²) in [5.41, 5.74) is 11.0. The molecule has 1 aliphatic rings. The minimum atomic E-state index is -0.132. The molecule has 0 aliphatic carbocycles. The van der Waals surface area contributed by atoms with Crippen molar-refractivity contribution in [2.24, 2.45) is 17.4 Å². The summed E-state index contributed by atoms with van der Waals surface area (Å²) in [5.74, 6) is 0.357. The molecule has 4 N–H and O–H groups in total. The summed E-state index contributed by atoms with van der Waals surface area (Å²) in [6.07, 6.45) is -0.183. The molecule has 1 aliphatic heterocycles. The predicted molar refractivity (Wildman–Crippen MR) is 46.5 cm³/mol. The monoisotopic (exact) mass is 369 g/mol. The Hall–Kier alpha value is 0.528. The zero-order valence-corrected chi connectivity index (χ0v) is 10.3. The molecule has 1 fully saturated rings. The third-order valence-electron chi connectivity index (χ3n) is 2.04. The maximum absolute atomic E-state index is 5.55. The van der Waals surface area contributed by atoms with Crippen molar-refractivity contribution < 1.29 is 30.5 Å². The van der Waals surface area contributed by atoms with Gasteiger partial charge >= 0.3 is 21.1 Å². The molecule has 1 rings (SSSR count). The second-order valence-electron chi connectivity index (χ2n) is 3.43. The van der Waals surface area contributed by atoms with Crippen LogP contribution in [0.15, 0.2) is 0 Å². The van der Waals surface area contributed by atoms with Gasteiger partial charge in [0.05, 0.1) is 0 Å². The fourth-order valence-electron chi connectivity index (χ4n) is 1.28. The Kier molecular flexibility index (Phi) is 6.34. The van der Waals surface area contributed by atoms with E-state index in [-0.39, 0.29) is 39.6 Å². The largest absolute Gasteiger partial charge is 2.00 e. The number of rotatable bonds is 3. The number of hydrogen-bond acceptors (Lipinski definition) is 4. The van der Waals surface area contributed by atoms with Gasteiger partial charge in [-0.25, -0.2) is 0 Å². The Labute approximate surface area is 93.6 Å². The summed E-state index contributed by atoms with van der Waals surface area (Å²) < 4.78 is 11.1. The van der Waals surface area contributed by atoms with Gasteiger partial charge in [0.2, 0.25) is 0 Å². The molecule has 0 saturated carbocycles. The standard InChI is InChI=1S/C8H18N2O2.Pt/c1-5(2)8-11-6(3-9)7(4-10)12-8;/h5-8H,3-4,9-10H2,1-2H3;/q;+2/t6-,7-;/m0./s1. The molecule has 0 aromatic heterocycles. The molecule has 80 valence electrons. The Morgan fingerprint density at radius 1 is 1.08 bits per heavy atom. The number of nitrogens with two attached hydrogens (primary N) is 2. The van der Waals surface area contributed by atoms with Crippen LogP contribution < -0.4 is 11.5 Å². The van der Waals surface area contributed by atoms with Crippen LogP contribution in [0.3, 0.4) is 0 Å². The molecule has 13 heavy (non-hydrogen) atoms. The van der Waals surface area contributed by atoms with Crippen molar-refractivity contribution in [1.29, 1.82) is 0 Å².